The van der Waals surface area contributed by atoms with Crippen molar-refractivity contribution in [3.8, 4) is 0 Å². The molecule has 0 unspecified atom stereocenters. The van der Waals surface area contributed by atoms with Gasteiger partial charge in [-0.25, -0.2) is 4.79 Å². The third kappa shape index (κ3) is 2.60. The van der Waals surface area contributed by atoms with E-state index in [-0.39, 0.29) is 5.97 Å². The average Bonchev–Trinajstić information content (AvgIpc) is 3.19. The second kappa shape index (κ2) is 5.11. The molecule has 5 heteroatoms. The van der Waals surface area contributed by atoms with E-state index in [2.05, 4.69) is 0 Å². The molecule has 1 aliphatic rings. The number of nitrogens with zero attached hydrogens (tertiary/aromatic N) is 1. The molecule has 1 heterocycles. The molecule has 5 nitrogen and oxygen atoms in total. The van der Waals surface area contributed by atoms with E-state index < -0.39 is 17.1 Å². The smallest absolute Gasteiger partial charge is 0.419 e. The molecule has 122 valence electrons. The Balaban J connectivity index is 2.12. The lowest BCUT2D eigenvalue weighted by molar-refractivity contribution is -0.143. The summed E-state index contributed by atoms with van der Waals surface area (Å²) in [6, 6.07) is 7.55. The van der Waals surface area contributed by atoms with Crippen LogP contribution in [0.4, 0.5) is 4.79 Å². The number of methoxy groups -OCH3 is 1. The molecular weight excluding hydrogens is 294 g/mol. The van der Waals surface area contributed by atoms with E-state index in [4.69, 9.17) is 9.47 Å². The quantitative estimate of drug-likeness (QED) is 0.794. The number of carbonyl (C=O) groups is 2. The lowest BCUT2D eigenvalue weighted by atomic mass is 9.96. The zero-order chi connectivity index (χ0) is 16.8. The number of para-hydroxylation sites is 1. The molecule has 0 saturated heterocycles. The summed E-state index contributed by atoms with van der Waals surface area (Å²) in [6.45, 7) is 5.48. The minimum atomic E-state index is -0.623. The molecule has 3 rings (SSSR count). The van der Waals surface area contributed by atoms with Crippen LogP contribution < -0.4 is 0 Å². The molecule has 1 saturated carbocycles. The third-order valence-electron chi connectivity index (χ3n) is 4.14. The highest BCUT2D eigenvalue weighted by atomic mass is 16.6. The number of hydrogen-bond donors (Lipinski definition) is 0. The molecule has 0 bridgehead atoms. The molecule has 0 amide bonds. The summed E-state index contributed by atoms with van der Waals surface area (Å²) < 4.78 is 11.9. The van der Waals surface area contributed by atoms with Gasteiger partial charge in [-0.15, -0.1) is 0 Å². The van der Waals surface area contributed by atoms with Gasteiger partial charge in [-0.1, -0.05) is 18.2 Å². The first-order valence-electron chi connectivity index (χ1n) is 7.71. The van der Waals surface area contributed by atoms with Gasteiger partial charge < -0.3 is 9.47 Å². The highest BCUT2D eigenvalue weighted by Crippen LogP contribution is 2.51. The highest BCUT2D eigenvalue weighted by Gasteiger charge is 2.54. The van der Waals surface area contributed by atoms with Crippen LogP contribution in [0.5, 0.6) is 0 Å². The van der Waals surface area contributed by atoms with Crippen LogP contribution in [-0.2, 0) is 19.7 Å². The van der Waals surface area contributed by atoms with Crippen molar-refractivity contribution in [3.05, 3.63) is 36.0 Å². The fraction of sp³-hybridized carbons (Fsp3) is 0.444. The van der Waals surface area contributed by atoms with Crippen molar-refractivity contribution in [2.75, 3.05) is 7.11 Å². The summed E-state index contributed by atoms with van der Waals surface area (Å²) in [5, 5.41) is 0.890. The number of benzene rings is 1. The Kier molecular flexibility index (Phi) is 3.47. The SMILES string of the molecule is COC(=O)C1(c2cn(C(=O)OC(C)(C)C)c3ccccc23)CC1. The lowest BCUT2D eigenvalue weighted by Crippen LogP contribution is -2.27. The number of carbonyl (C=O) groups excluding carboxylic acids is 2. The van der Waals surface area contributed by atoms with Crippen LogP contribution >= 0.6 is 0 Å². The Bertz CT molecular complexity index is 778. The molecule has 1 aromatic heterocycles. The Hall–Kier alpha value is -2.30. The molecule has 0 radical (unpaired) electrons. The minimum Gasteiger partial charge on any atom is -0.468 e. The number of esters is 1. The van der Waals surface area contributed by atoms with Gasteiger partial charge in [-0.2, -0.15) is 0 Å². The summed E-state index contributed by atoms with van der Waals surface area (Å²) in [4.78, 5) is 24.7. The first-order chi connectivity index (χ1) is 10.8. The largest absolute Gasteiger partial charge is 0.468 e. The zero-order valence-electron chi connectivity index (χ0n) is 13.9. The Morgan fingerprint density at radius 1 is 1.17 bits per heavy atom. The standard InChI is InChI=1S/C18H21NO4/c1-17(2,3)23-16(21)19-11-13(12-7-5-6-8-14(12)19)18(9-10-18)15(20)22-4/h5-8,11H,9-10H2,1-4H3. The van der Waals surface area contributed by atoms with Gasteiger partial charge >= 0.3 is 12.1 Å². The van der Waals surface area contributed by atoms with Crippen molar-refractivity contribution in [2.24, 2.45) is 0 Å². The summed E-state index contributed by atoms with van der Waals surface area (Å²) in [5.74, 6) is -0.246. The number of aromatic nitrogens is 1. The van der Waals surface area contributed by atoms with Crippen LogP contribution in [0.1, 0.15) is 39.2 Å². The van der Waals surface area contributed by atoms with Crippen LogP contribution in [-0.4, -0.2) is 29.3 Å². The maximum absolute atomic E-state index is 12.5. The van der Waals surface area contributed by atoms with E-state index in [1.54, 1.807) is 6.20 Å². The molecule has 1 aromatic carbocycles. The molecule has 0 atom stereocenters. The Morgan fingerprint density at radius 2 is 1.83 bits per heavy atom. The predicted molar refractivity (Wildman–Crippen MR) is 86.5 cm³/mol. The predicted octanol–water partition coefficient (Wildman–Crippen LogP) is 3.63. The van der Waals surface area contributed by atoms with Gasteiger partial charge in [-0.05, 0) is 45.2 Å². The molecule has 0 N–H and O–H groups in total. The van der Waals surface area contributed by atoms with Crippen LogP contribution in [0.2, 0.25) is 0 Å². The molecule has 0 spiro atoms. The number of fused-ring (bicyclic) bond motifs is 1. The fourth-order valence-electron chi connectivity index (χ4n) is 2.93. The highest BCUT2D eigenvalue weighted by molar-refractivity contribution is 5.98. The van der Waals surface area contributed by atoms with Gasteiger partial charge in [-0.3, -0.25) is 9.36 Å². The van der Waals surface area contributed by atoms with Crippen LogP contribution in [0.15, 0.2) is 30.5 Å². The fourth-order valence-corrected chi connectivity index (χ4v) is 2.93. The van der Waals surface area contributed by atoms with E-state index in [0.29, 0.717) is 0 Å². The molecule has 23 heavy (non-hydrogen) atoms. The normalized spacial score (nSPS) is 16.2. The van der Waals surface area contributed by atoms with E-state index in [9.17, 15) is 9.59 Å². The monoisotopic (exact) mass is 315 g/mol. The summed E-state index contributed by atoms with van der Waals surface area (Å²) >= 11 is 0. The van der Waals surface area contributed by atoms with Gasteiger partial charge in [0, 0.05) is 11.6 Å². The van der Waals surface area contributed by atoms with Crippen molar-refractivity contribution >= 4 is 23.0 Å². The molecular formula is C18H21NO4. The first-order valence-corrected chi connectivity index (χ1v) is 7.71. The van der Waals surface area contributed by atoms with Crippen molar-refractivity contribution in [1.82, 2.24) is 4.57 Å². The van der Waals surface area contributed by atoms with Crippen LogP contribution in [0.3, 0.4) is 0 Å². The molecule has 0 aliphatic heterocycles. The summed E-state index contributed by atoms with van der Waals surface area (Å²) in [6.07, 6.45) is 2.76. The average molecular weight is 315 g/mol. The van der Waals surface area contributed by atoms with E-state index in [0.717, 1.165) is 29.3 Å². The Morgan fingerprint density at radius 3 is 2.39 bits per heavy atom. The van der Waals surface area contributed by atoms with Crippen molar-refractivity contribution < 1.29 is 19.1 Å². The Labute approximate surface area is 135 Å². The van der Waals surface area contributed by atoms with Crippen LogP contribution in [0.25, 0.3) is 10.9 Å². The van der Waals surface area contributed by atoms with E-state index >= 15 is 0 Å². The van der Waals surface area contributed by atoms with Gasteiger partial charge in [0.25, 0.3) is 0 Å². The summed E-state index contributed by atoms with van der Waals surface area (Å²) in [5.41, 5.74) is 0.377. The molecule has 2 aromatic rings. The van der Waals surface area contributed by atoms with Crippen molar-refractivity contribution in [1.29, 1.82) is 0 Å². The van der Waals surface area contributed by atoms with E-state index in [1.165, 1.54) is 11.7 Å². The maximum atomic E-state index is 12.5. The maximum Gasteiger partial charge on any atom is 0.419 e. The number of rotatable bonds is 2. The number of hydrogen-bond acceptors (Lipinski definition) is 4. The van der Waals surface area contributed by atoms with Crippen molar-refractivity contribution in [3.63, 3.8) is 0 Å². The lowest BCUT2D eigenvalue weighted by Gasteiger charge is -2.19. The zero-order valence-corrected chi connectivity index (χ0v) is 13.9. The third-order valence-corrected chi connectivity index (χ3v) is 4.14. The molecule has 1 fully saturated rings. The first kappa shape index (κ1) is 15.6. The van der Waals surface area contributed by atoms with Gasteiger partial charge in [0.15, 0.2) is 0 Å². The van der Waals surface area contributed by atoms with Gasteiger partial charge in [0.05, 0.1) is 18.0 Å². The second-order valence-electron chi connectivity index (χ2n) is 6.98. The van der Waals surface area contributed by atoms with Crippen LogP contribution in [0, 0.1) is 0 Å². The summed E-state index contributed by atoms with van der Waals surface area (Å²) in [7, 11) is 1.40. The topological polar surface area (TPSA) is 57.5 Å². The van der Waals surface area contributed by atoms with Gasteiger partial charge in [0.2, 0.25) is 0 Å². The van der Waals surface area contributed by atoms with Crippen molar-refractivity contribution in [2.45, 2.75) is 44.6 Å². The van der Waals surface area contributed by atoms with E-state index in [1.807, 2.05) is 45.0 Å². The second-order valence-corrected chi connectivity index (χ2v) is 6.98. The molecule has 1 aliphatic carbocycles. The number of ether oxygens (including phenoxy) is 2. The van der Waals surface area contributed by atoms with Gasteiger partial charge in [0.1, 0.15) is 5.60 Å². The minimum absolute atomic E-state index is 0.246.